The lowest BCUT2D eigenvalue weighted by molar-refractivity contribution is -0.384. The number of carbonyl (C=O) groups is 1. The number of carbonyl (C=O) groups excluding carboxylic acids is 1. The predicted octanol–water partition coefficient (Wildman–Crippen LogP) is 3.74. The molecule has 0 saturated heterocycles. The number of allylic oxidation sites excluding steroid dienone is 1. The van der Waals surface area contributed by atoms with Crippen LogP contribution < -0.4 is 4.80 Å². The first kappa shape index (κ1) is 21.9. The van der Waals surface area contributed by atoms with Gasteiger partial charge in [0.25, 0.3) is 5.69 Å². The molecule has 3 rings (SSSR count). The van der Waals surface area contributed by atoms with Crippen molar-refractivity contribution in [2.45, 2.75) is 17.9 Å². The van der Waals surface area contributed by atoms with Gasteiger partial charge in [-0.3, -0.25) is 14.9 Å². The van der Waals surface area contributed by atoms with Crippen molar-refractivity contribution in [3.63, 3.8) is 0 Å². The number of thiazole rings is 1. The van der Waals surface area contributed by atoms with Gasteiger partial charge in [0.2, 0.25) is 5.91 Å². The van der Waals surface area contributed by atoms with Crippen LogP contribution >= 0.6 is 22.9 Å². The van der Waals surface area contributed by atoms with Gasteiger partial charge in [0.15, 0.2) is 14.6 Å². The van der Waals surface area contributed by atoms with Crippen molar-refractivity contribution in [2.75, 3.05) is 5.75 Å². The monoisotopic (exact) mass is 465 g/mol. The van der Waals surface area contributed by atoms with Crippen LogP contribution in [0.1, 0.15) is 6.42 Å². The fourth-order valence-electron chi connectivity index (χ4n) is 2.71. The number of nitrogens with zero attached hydrogens (tertiary/aromatic N) is 3. The first-order chi connectivity index (χ1) is 14.2. The number of hydrogen-bond donors (Lipinski definition) is 0. The largest absolute Gasteiger partial charge is 0.312 e. The minimum absolute atomic E-state index is 0.0787. The summed E-state index contributed by atoms with van der Waals surface area (Å²) in [5, 5.41) is 11.5. The van der Waals surface area contributed by atoms with Crippen LogP contribution in [0, 0.1) is 10.1 Å². The number of sulfone groups is 1. The average molecular weight is 466 g/mol. The van der Waals surface area contributed by atoms with Gasteiger partial charge in [0.1, 0.15) is 0 Å². The van der Waals surface area contributed by atoms with E-state index in [1.165, 1.54) is 47.7 Å². The molecule has 8 nitrogen and oxygen atoms in total. The van der Waals surface area contributed by atoms with E-state index in [4.69, 9.17) is 11.6 Å². The van der Waals surface area contributed by atoms with E-state index in [-0.39, 0.29) is 23.5 Å². The summed E-state index contributed by atoms with van der Waals surface area (Å²) < 4.78 is 27.1. The molecule has 0 aliphatic rings. The van der Waals surface area contributed by atoms with E-state index in [1.54, 1.807) is 16.7 Å². The summed E-state index contributed by atoms with van der Waals surface area (Å²) in [5.41, 5.74) is 0.472. The Hall–Kier alpha value is -2.82. The second-order valence-corrected chi connectivity index (χ2v) is 9.78. The number of aromatic nitrogens is 1. The molecular formula is C19H16ClN3O5S2. The molecule has 0 bridgehead atoms. The van der Waals surface area contributed by atoms with E-state index < -0.39 is 26.4 Å². The van der Waals surface area contributed by atoms with Crippen LogP contribution in [0.5, 0.6) is 0 Å². The molecule has 11 heteroatoms. The Bertz CT molecular complexity index is 1310. The van der Waals surface area contributed by atoms with Crippen molar-refractivity contribution in [1.82, 2.24) is 4.57 Å². The minimum atomic E-state index is -3.66. The van der Waals surface area contributed by atoms with E-state index in [1.807, 2.05) is 0 Å². The third-order valence-corrected chi connectivity index (χ3v) is 7.21. The molecule has 2 aromatic carbocycles. The van der Waals surface area contributed by atoms with Gasteiger partial charge in [-0.05, 0) is 30.3 Å². The van der Waals surface area contributed by atoms with E-state index in [2.05, 4.69) is 11.6 Å². The van der Waals surface area contributed by atoms with Gasteiger partial charge in [-0.25, -0.2) is 8.42 Å². The van der Waals surface area contributed by atoms with Gasteiger partial charge in [0, 0.05) is 30.1 Å². The van der Waals surface area contributed by atoms with Crippen LogP contribution in [0.25, 0.3) is 10.2 Å². The Kier molecular flexibility index (Phi) is 6.49. The topological polar surface area (TPSA) is 112 Å². The fourth-order valence-corrected chi connectivity index (χ4v) is 5.10. The smallest absolute Gasteiger partial charge is 0.271 e. The second kappa shape index (κ2) is 8.90. The number of hydrogen-bond acceptors (Lipinski definition) is 6. The van der Waals surface area contributed by atoms with Crippen molar-refractivity contribution in [1.29, 1.82) is 0 Å². The molecule has 1 heterocycles. The Labute approximate surface area is 180 Å². The number of amides is 1. The molecular weight excluding hydrogens is 450 g/mol. The van der Waals surface area contributed by atoms with Gasteiger partial charge in [0.05, 0.1) is 25.8 Å². The molecule has 0 aliphatic heterocycles. The van der Waals surface area contributed by atoms with Gasteiger partial charge in [-0.1, -0.05) is 29.0 Å². The predicted molar refractivity (Wildman–Crippen MR) is 115 cm³/mol. The molecule has 0 saturated carbocycles. The molecule has 1 amide bonds. The average Bonchev–Trinajstić information content (AvgIpc) is 3.03. The van der Waals surface area contributed by atoms with Crippen LogP contribution in [0.3, 0.4) is 0 Å². The van der Waals surface area contributed by atoms with E-state index in [0.717, 1.165) is 0 Å². The minimum Gasteiger partial charge on any atom is -0.312 e. The first-order valence-electron chi connectivity index (χ1n) is 8.66. The zero-order chi connectivity index (χ0) is 21.9. The molecule has 3 aromatic rings. The molecule has 30 heavy (non-hydrogen) atoms. The summed E-state index contributed by atoms with van der Waals surface area (Å²) in [5.74, 6) is -0.999. The Morgan fingerprint density at radius 2 is 1.97 bits per heavy atom. The molecule has 156 valence electrons. The maximum atomic E-state index is 12.4. The third kappa shape index (κ3) is 4.84. The second-order valence-electron chi connectivity index (χ2n) is 6.22. The molecule has 0 radical (unpaired) electrons. The van der Waals surface area contributed by atoms with E-state index in [0.29, 0.717) is 20.0 Å². The highest BCUT2D eigenvalue weighted by molar-refractivity contribution is 7.91. The Morgan fingerprint density at radius 3 is 2.60 bits per heavy atom. The maximum absolute atomic E-state index is 12.4. The number of nitro benzene ring substituents is 1. The summed E-state index contributed by atoms with van der Waals surface area (Å²) in [6.45, 7) is 3.95. The van der Waals surface area contributed by atoms with Crippen LogP contribution in [-0.4, -0.2) is 29.6 Å². The lowest BCUT2D eigenvalue weighted by Gasteiger charge is -2.03. The Balaban J connectivity index is 1.89. The van der Waals surface area contributed by atoms with Gasteiger partial charge in [-0.15, -0.1) is 6.58 Å². The standard InChI is InChI=1S/C19H16ClN3O5S2/c1-2-10-22-16-12-14(23(25)26)5-8-17(16)29-19(22)21-18(24)9-11-30(27,28)15-6-3-13(20)4-7-15/h2-8,12H,1,9-11H2. The van der Waals surface area contributed by atoms with Crippen LogP contribution in [0.15, 0.2) is 65.0 Å². The zero-order valence-electron chi connectivity index (χ0n) is 15.5. The molecule has 0 fully saturated rings. The summed E-state index contributed by atoms with van der Waals surface area (Å²) in [4.78, 5) is 27.3. The van der Waals surface area contributed by atoms with Gasteiger partial charge in [-0.2, -0.15) is 4.99 Å². The molecule has 0 atom stereocenters. The summed E-state index contributed by atoms with van der Waals surface area (Å²) in [6.07, 6.45) is 1.28. The first-order valence-corrected chi connectivity index (χ1v) is 11.5. The summed E-state index contributed by atoms with van der Waals surface area (Å²) in [7, 11) is -3.66. The maximum Gasteiger partial charge on any atom is 0.271 e. The van der Waals surface area contributed by atoms with E-state index in [9.17, 15) is 23.3 Å². The van der Waals surface area contributed by atoms with Crippen molar-refractivity contribution >= 4 is 54.6 Å². The van der Waals surface area contributed by atoms with Crippen LogP contribution in [0.4, 0.5) is 5.69 Å². The quantitative estimate of drug-likeness (QED) is 0.299. The van der Waals surface area contributed by atoms with Crippen molar-refractivity contribution < 1.29 is 18.1 Å². The molecule has 0 spiro atoms. The van der Waals surface area contributed by atoms with Crippen molar-refractivity contribution in [2.24, 2.45) is 4.99 Å². The van der Waals surface area contributed by atoms with Gasteiger partial charge >= 0.3 is 0 Å². The number of fused-ring (bicyclic) bond motifs is 1. The molecule has 0 aliphatic carbocycles. The van der Waals surface area contributed by atoms with Crippen molar-refractivity contribution in [3.8, 4) is 0 Å². The highest BCUT2D eigenvalue weighted by atomic mass is 35.5. The number of benzene rings is 2. The Morgan fingerprint density at radius 1 is 1.27 bits per heavy atom. The van der Waals surface area contributed by atoms with Crippen molar-refractivity contribution in [3.05, 3.63) is 75.1 Å². The summed E-state index contributed by atoms with van der Waals surface area (Å²) >= 11 is 6.96. The lowest BCUT2D eigenvalue weighted by Crippen LogP contribution is -2.17. The molecule has 0 unspecified atom stereocenters. The fraction of sp³-hybridized carbons (Fsp3) is 0.158. The number of halogens is 1. The lowest BCUT2D eigenvalue weighted by atomic mass is 10.3. The SMILES string of the molecule is C=CCn1c(=NC(=O)CCS(=O)(=O)c2ccc(Cl)cc2)sc2ccc([N+](=O)[O-])cc21. The third-order valence-electron chi connectivity index (χ3n) is 4.17. The number of non-ortho nitro benzene ring substituents is 1. The molecule has 1 aromatic heterocycles. The normalized spacial score (nSPS) is 12.2. The zero-order valence-corrected chi connectivity index (χ0v) is 17.9. The number of rotatable bonds is 7. The van der Waals surface area contributed by atoms with Gasteiger partial charge < -0.3 is 4.57 Å². The van der Waals surface area contributed by atoms with E-state index >= 15 is 0 Å². The van der Waals surface area contributed by atoms with Crippen LogP contribution in [-0.2, 0) is 21.2 Å². The highest BCUT2D eigenvalue weighted by Crippen LogP contribution is 2.23. The summed E-state index contributed by atoms with van der Waals surface area (Å²) in [6, 6.07) is 10.1. The van der Waals surface area contributed by atoms with Crippen LogP contribution in [0.2, 0.25) is 5.02 Å². The number of nitro groups is 1. The molecule has 0 N–H and O–H groups in total. The highest BCUT2D eigenvalue weighted by Gasteiger charge is 2.17.